The Morgan fingerprint density at radius 3 is 2.70 bits per heavy atom. The molecule has 2 aromatic carbocycles. The average Bonchev–Trinajstić information content (AvgIpc) is 2.42. The first-order valence-corrected chi connectivity index (χ1v) is 6.73. The molecule has 0 unspecified atom stereocenters. The summed E-state index contributed by atoms with van der Waals surface area (Å²) >= 11 is 6.02. The van der Waals surface area contributed by atoms with E-state index in [1.54, 1.807) is 25.1 Å². The Balaban J connectivity index is 1.93. The molecule has 2 nitrogen and oxygen atoms in total. The number of hydrogen-bond acceptors (Lipinski definition) is 1. The first-order chi connectivity index (χ1) is 9.56. The molecule has 20 heavy (non-hydrogen) atoms. The quantitative estimate of drug-likeness (QED) is 0.891. The van der Waals surface area contributed by atoms with Crippen molar-refractivity contribution in [2.24, 2.45) is 0 Å². The van der Waals surface area contributed by atoms with E-state index in [9.17, 15) is 9.18 Å². The maximum Gasteiger partial charge on any atom is 0.224 e. The third kappa shape index (κ3) is 3.81. The lowest BCUT2D eigenvalue weighted by molar-refractivity contribution is -0.116. The van der Waals surface area contributed by atoms with Crippen LogP contribution in [0, 0.1) is 12.7 Å². The topological polar surface area (TPSA) is 29.1 Å². The molecule has 0 saturated heterocycles. The average molecular weight is 292 g/mol. The Hall–Kier alpha value is -1.87. The molecule has 0 atom stereocenters. The summed E-state index contributed by atoms with van der Waals surface area (Å²) in [5.74, 6) is -0.484. The zero-order valence-electron chi connectivity index (χ0n) is 11.1. The monoisotopic (exact) mass is 291 g/mol. The largest absolute Gasteiger partial charge is 0.326 e. The first kappa shape index (κ1) is 14.5. The van der Waals surface area contributed by atoms with E-state index in [2.05, 4.69) is 5.32 Å². The van der Waals surface area contributed by atoms with Gasteiger partial charge in [0.1, 0.15) is 5.82 Å². The Kier molecular flexibility index (Phi) is 4.74. The van der Waals surface area contributed by atoms with Crippen LogP contribution in [-0.2, 0) is 11.2 Å². The van der Waals surface area contributed by atoms with Gasteiger partial charge in [-0.25, -0.2) is 4.39 Å². The molecule has 1 amide bonds. The third-order valence-corrected chi connectivity index (χ3v) is 3.40. The number of carbonyl (C=O) groups is 1. The molecule has 0 heterocycles. The van der Waals surface area contributed by atoms with Gasteiger partial charge in [-0.2, -0.15) is 0 Å². The van der Waals surface area contributed by atoms with Crippen molar-refractivity contribution in [3.05, 3.63) is 64.4 Å². The Labute approximate surface area is 122 Å². The second-order valence-electron chi connectivity index (χ2n) is 4.60. The van der Waals surface area contributed by atoms with Crippen LogP contribution in [0.15, 0.2) is 42.5 Å². The van der Waals surface area contributed by atoms with Crippen molar-refractivity contribution in [1.29, 1.82) is 0 Å². The SMILES string of the molecule is Cc1ccc(NC(=O)CCc2ccccc2Cl)cc1F. The second-order valence-corrected chi connectivity index (χ2v) is 5.01. The van der Waals surface area contributed by atoms with Crippen molar-refractivity contribution >= 4 is 23.2 Å². The van der Waals surface area contributed by atoms with Gasteiger partial charge in [-0.3, -0.25) is 4.79 Å². The summed E-state index contributed by atoms with van der Waals surface area (Å²) in [7, 11) is 0. The van der Waals surface area contributed by atoms with E-state index in [1.807, 2.05) is 18.2 Å². The summed E-state index contributed by atoms with van der Waals surface area (Å²) in [5.41, 5.74) is 1.95. The highest BCUT2D eigenvalue weighted by molar-refractivity contribution is 6.31. The number of carbonyl (C=O) groups excluding carboxylic acids is 1. The lowest BCUT2D eigenvalue weighted by atomic mass is 10.1. The molecule has 0 radical (unpaired) electrons. The number of rotatable bonds is 4. The number of benzene rings is 2. The Bertz CT molecular complexity index is 628. The zero-order chi connectivity index (χ0) is 14.5. The summed E-state index contributed by atoms with van der Waals surface area (Å²) in [6, 6.07) is 12.1. The van der Waals surface area contributed by atoms with Crippen molar-refractivity contribution in [2.45, 2.75) is 19.8 Å². The van der Waals surface area contributed by atoms with Crippen LogP contribution in [0.5, 0.6) is 0 Å². The van der Waals surface area contributed by atoms with E-state index in [0.717, 1.165) is 5.56 Å². The van der Waals surface area contributed by atoms with Crippen LogP contribution in [0.2, 0.25) is 5.02 Å². The van der Waals surface area contributed by atoms with Crippen LogP contribution in [-0.4, -0.2) is 5.91 Å². The standard InChI is InChI=1S/C16H15ClFNO/c1-11-6-8-13(10-15(11)18)19-16(20)9-7-12-4-2-3-5-14(12)17/h2-6,8,10H,7,9H2,1H3,(H,19,20). The fourth-order valence-corrected chi connectivity index (χ4v) is 2.07. The van der Waals surface area contributed by atoms with Gasteiger partial charge in [-0.1, -0.05) is 35.9 Å². The Morgan fingerprint density at radius 1 is 1.25 bits per heavy atom. The maximum absolute atomic E-state index is 13.4. The van der Waals surface area contributed by atoms with Gasteiger partial charge in [0.15, 0.2) is 0 Å². The van der Waals surface area contributed by atoms with Crippen LogP contribution in [0.4, 0.5) is 10.1 Å². The number of amides is 1. The van der Waals surface area contributed by atoms with Crippen LogP contribution in [0.25, 0.3) is 0 Å². The van der Waals surface area contributed by atoms with E-state index in [-0.39, 0.29) is 11.7 Å². The van der Waals surface area contributed by atoms with Crippen LogP contribution >= 0.6 is 11.6 Å². The number of halogens is 2. The van der Waals surface area contributed by atoms with Gasteiger partial charge in [-0.05, 0) is 42.7 Å². The highest BCUT2D eigenvalue weighted by Crippen LogP contribution is 2.17. The molecule has 0 aliphatic rings. The van der Waals surface area contributed by atoms with Crippen molar-refractivity contribution in [3.63, 3.8) is 0 Å². The van der Waals surface area contributed by atoms with E-state index < -0.39 is 0 Å². The van der Waals surface area contributed by atoms with Crippen molar-refractivity contribution < 1.29 is 9.18 Å². The lowest BCUT2D eigenvalue weighted by Crippen LogP contribution is -2.12. The summed E-state index contributed by atoms with van der Waals surface area (Å²) in [4.78, 5) is 11.8. The minimum Gasteiger partial charge on any atom is -0.326 e. The van der Waals surface area contributed by atoms with Gasteiger partial charge in [0.25, 0.3) is 0 Å². The predicted octanol–water partition coefficient (Wildman–Crippen LogP) is 4.36. The minimum absolute atomic E-state index is 0.159. The normalized spacial score (nSPS) is 10.3. The molecule has 0 spiro atoms. The molecule has 0 aliphatic heterocycles. The summed E-state index contributed by atoms with van der Waals surface area (Å²) in [5, 5.41) is 3.33. The number of anilines is 1. The van der Waals surface area contributed by atoms with Gasteiger partial charge in [0.2, 0.25) is 5.91 Å². The van der Waals surface area contributed by atoms with Gasteiger partial charge < -0.3 is 5.32 Å². The molecular formula is C16H15ClFNO. The fraction of sp³-hybridized carbons (Fsp3) is 0.188. The van der Waals surface area contributed by atoms with Crippen molar-refractivity contribution in [3.8, 4) is 0 Å². The van der Waals surface area contributed by atoms with Gasteiger partial charge in [0, 0.05) is 17.1 Å². The van der Waals surface area contributed by atoms with E-state index in [0.29, 0.717) is 29.1 Å². The Morgan fingerprint density at radius 2 is 2.00 bits per heavy atom. The first-order valence-electron chi connectivity index (χ1n) is 6.35. The number of hydrogen-bond donors (Lipinski definition) is 1. The third-order valence-electron chi connectivity index (χ3n) is 3.03. The van der Waals surface area contributed by atoms with Crippen LogP contribution in [0.3, 0.4) is 0 Å². The van der Waals surface area contributed by atoms with Crippen LogP contribution in [0.1, 0.15) is 17.5 Å². The van der Waals surface area contributed by atoms with Gasteiger partial charge >= 0.3 is 0 Å². The number of nitrogens with one attached hydrogen (secondary N) is 1. The summed E-state index contributed by atoms with van der Waals surface area (Å²) in [6.45, 7) is 1.68. The number of aryl methyl sites for hydroxylation is 2. The molecule has 2 aromatic rings. The zero-order valence-corrected chi connectivity index (χ0v) is 11.9. The summed E-state index contributed by atoms with van der Waals surface area (Å²) < 4.78 is 13.4. The minimum atomic E-state index is -0.325. The highest BCUT2D eigenvalue weighted by Gasteiger charge is 2.06. The fourth-order valence-electron chi connectivity index (χ4n) is 1.84. The molecule has 0 bridgehead atoms. The summed E-state index contributed by atoms with van der Waals surface area (Å²) in [6.07, 6.45) is 0.860. The molecule has 0 saturated carbocycles. The highest BCUT2D eigenvalue weighted by atomic mass is 35.5. The molecule has 0 aliphatic carbocycles. The molecule has 0 aromatic heterocycles. The lowest BCUT2D eigenvalue weighted by Gasteiger charge is -2.07. The van der Waals surface area contributed by atoms with Crippen LogP contribution < -0.4 is 5.32 Å². The van der Waals surface area contributed by atoms with Crippen molar-refractivity contribution in [2.75, 3.05) is 5.32 Å². The molecule has 1 N–H and O–H groups in total. The maximum atomic E-state index is 13.4. The molecule has 4 heteroatoms. The second kappa shape index (κ2) is 6.53. The predicted molar refractivity (Wildman–Crippen MR) is 79.5 cm³/mol. The van der Waals surface area contributed by atoms with E-state index >= 15 is 0 Å². The van der Waals surface area contributed by atoms with Gasteiger partial charge in [-0.15, -0.1) is 0 Å². The molecular weight excluding hydrogens is 277 g/mol. The molecule has 2 rings (SSSR count). The van der Waals surface area contributed by atoms with Gasteiger partial charge in [0.05, 0.1) is 0 Å². The molecule has 0 fully saturated rings. The van der Waals surface area contributed by atoms with E-state index in [4.69, 9.17) is 11.6 Å². The molecule has 104 valence electrons. The van der Waals surface area contributed by atoms with Crippen molar-refractivity contribution in [1.82, 2.24) is 0 Å². The smallest absolute Gasteiger partial charge is 0.224 e. The van der Waals surface area contributed by atoms with E-state index in [1.165, 1.54) is 6.07 Å².